The standard InChI is InChI=1S/C15H14N2O2/c1-11-3-4-12(2)15(9-11)16-10-13-5-7-14(8-6-13)17(18)19/h3-10H,1-2H3. The highest BCUT2D eigenvalue weighted by Gasteiger charge is 2.02. The summed E-state index contributed by atoms with van der Waals surface area (Å²) in [5.41, 5.74) is 4.10. The fourth-order valence-corrected chi connectivity index (χ4v) is 1.68. The average molecular weight is 254 g/mol. The van der Waals surface area contributed by atoms with Crippen LogP contribution in [0.1, 0.15) is 16.7 Å². The Kier molecular flexibility index (Phi) is 3.71. The molecule has 0 aliphatic rings. The summed E-state index contributed by atoms with van der Waals surface area (Å²) in [6.07, 6.45) is 1.71. The van der Waals surface area contributed by atoms with E-state index in [-0.39, 0.29) is 5.69 Å². The summed E-state index contributed by atoms with van der Waals surface area (Å²) in [7, 11) is 0. The van der Waals surface area contributed by atoms with Crippen molar-refractivity contribution in [2.75, 3.05) is 0 Å². The van der Waals surface area contributed by atoms with Gasteiger partial charge >= 0.3 is 0 Å². The highest BCUT2D eigenvalue weighted by molar-refractivity contribution is 5.82. The van der Waals surface area contributed by atoms with E-state index >= 15 is 0 Å². The summed E-state index contributed by atoms with van der Waals surface area (Å²) >= 11 is 0. The Morgan fingerprint density at radius 2 is 1.79 bits per heavy atom. The zero-order valence-electron chi connectivity index (χ0n) is 10.8. The van der Waals surface area contributed by atoms with Crippen LogP contribution in [0.5, 0.6) is 0 Å². The van der Waals surface area contributed by atoms with Crippen molar-refractivity contribution < 1.29 is 4.92 Å². The third-order valence-electron chi connectivity index (χ3n) is 2.82. The van der Waals surface area contributed by atoms with Crippen molar-refractivity contribution in [1.29, 1.82) is 0 Å². The lowest BCUT2D eigenvalue weighted by Gasteiger charge is -2.01. The second kappa shape index (κ2) is 5.44. The molecule has 2 rings (SSSR count). The molecule has 0 heterocycles. The molecular weight excluding hydrogens is 240 g/mol. The largest absolute Gasteiger partial charge is 0.269 e. The molecule has 0 saturated carbocycles. The molecule has 0 amide bonds. The monoisotopic (exact) mass is 254 g/mol. The first kappa shape index (κ1) is 13.0. The number of nitrogens with zero attached hydrogens (tertiary/aromatic N) is 2. The molecule has 0 spiro atoms. The molecule has 0 aliphatic carbocycles. The molecule has 0 unspecified atom stereocenters. The Bertz CT molecular complexity index is 631. The Hall–Kier alpha value is -2.49. The second-order valence-electron chi connectivity index (χ2n) is 4.40. The molecule has 0 aliphatic heterocycles. The zero-order valence-corrected chi connectivity index (χ0v) is 10.8. The van der Waals surface area contributed by atoms with Gasteiger partial charge in [-0.3, -0.25) is 15.1 Å². The van der Waals surface area contributed by atoms with Crippen molar-refractivity contribution in [1.82, 2.24) is 0 Å². The van der Waals surface area contributed by atoms with Gasteiger partial charge in [0.25, 0.3) is 5.69 Å². The molecule has 0 aromatic heterocycles. The SMILES string of the molecule is Cc1ccc(C)c(N=Cc2ccc([N+](=O)[O-])cc2)c1. The van der Waals surface area contributed by atoms with Gasteiger partial charge in [-0.05, 0) is 48.7 Å². The number of nitro groups is 1. The molecule has 2 aromatic carbocycles. The number of nitro benzene ring substituents is 1. The van der Waals surface area contributed by atoms with Crippen LogP contribution in [-0.4, -0.2) is 11.1 Å². The lowest BCUT2D eigenvalue weighted by atomic mass is 10.1. The van der Waals surface area contributed by atoms with E-state index in [1.165, 1.54) is 12.1 Å². The summed E-state index contributed by atoms with van der Waals surface area (Å²) in [5, 5.41) is 10.5. The van der Waals surface area contributed by atoms with Crippen molar-refractivity contribution >= 4 is 17.6 Å². The minimum Gasteiger partial charge on any atom is -0.258 e. The van der Waals surface area contributed by atoms with Gasteiger partial charge in [0, 0.05) is 18.3 Å². The van der Waals surface area contributed by atoms with E-state index in [0.717, 1.165) is 22.4 Å². The van der Waals surface area contributed by atoms with Crippen LogP contribution in [0.15, 0.2) is 47.5 Å². The normalized spacial score (nSPS) is 10.8. The van der Waals surface area contributed by atoms with Crippen molar-refractivity contribution in [2.24, 2.45) is 4.99 Å². The van der Waals surface area contributed by atoms with Gasteiger partial charge in [-0.1, -0.05) is 12.1 Å². The van der Waals surface area contributed by atoms with Crippen molar-refractivity contribution in [3.05, 3.63) is 69.3 Å². The third-order valence-corrected chi connectivity index (χ3v) is 2.82. The van der Waals surface area contributed by atoms with E-state index < -0.39 is 4.92 Å². The maximum Gasteiger partial charge on any atom is 0.269 e. The molecule has 4 heteroatoms. The van der Waals surface area contributed by atoms with Crippen LogP contribution < -0.4 is 0 Å². The summed E-state index contributed by atoms with van der Waals surface area (Å²) in [6, 6.07) is 12.4. The molecule has 19 heavy (non-hydrogen) atoms. The molecule has 0 fully saturated rings. The number of hydrogen-bond donors (Lipinski definition) is 0. The molecule has 96 valence electrons. The fourth-order valence-electron chi connectivity index (χ4n) is 1.68. The van der Waals surface area contributed by atoms with Crippen LogP contribution in [0.3, 0.4) is 0 Å². The number of non-ortho nitro benzene ring substituents is 1. The molecular formula is C15H14N2O2. The van der Waals surface area contributed by atoms with Crippen LogP contribution in [0.25, 0.3) is 0 Å². The van der Waals surface area contributed by atoms with Crippen LogP contribution in [0.2, 0.25) is 0 Å². The van der Waals surface area contributed by atoms with Crippen molar-refractivity contribution in [2.45, 2.75) is 13.8 Å². The molecule has 0 atom stereocenters. The predicted octanol–water partition coefficient (Wildman–Crippen LogP) is 3.96. The minimum absolute atomic E-state index is 0.0869. The van der Waals surface area contributed by atoms with Crippen LogP contribution in [0.4, 0.5) is 11.4 Å². The van der Waals surface area contributed by atoms with Crippen LogP contribution in [0, 0.1) is 24.0 Å². The van der Waals surface area contributed by atoms with Gasteiger partial charge in [-0.25, -0.2) is 0 Å². The maximum atomic E-state index is 10.5. The molecule has 4 nitrogen and oxygen atoms in total. The van der Waals surface area contributed by atoms with Gasteiger partial charge in [0.1, 0.15) is 0 Å². The maximum absolute atomic E-state index is 10.5. The smallest absolute Gasteiger partial charge is 0.258 e. The van der Waals surface area contributed by atoms with Gasteiger partial charge in [0.2, 0.25) is 0 Å². The second-order valence-corrected chi connectivity index (χ2v) is 4.40. The summed E-state index contributed by atoms with van der Waals surface area (Å²) in [4.78, 5) is 14.6. The van der Waals surface area contributed by atoms with Crippen LogP contribution >= 0.6 is 0 Å². The Morgan fingerprint density at radius 1 is 1.11 bits per heavy atom. The summed E-state index contributed by atoms with van der Waals surface area (Å²) < 4.78 is 0. The number of hydrogen-bond acceptors (Lipinski definition) is 3. The first-order valence-corrected chi connectivity index (χ1v) is 5.92. The van der Waals surface area contributed by atoms with Gasteiger partial charge < -0.3 is 0 Å². The average Bonchev–Trinajstić information content (AvgIpc) is 2.40. The Labute approximate surface area is 111 Å². The first-order chi connectivity index (χ1) is 9.06. The number of aliphatic imine (C=N–C) groups is 1. The minimum atomic E-state index is -0.411. The number of benzene rings is 2. The number of aryl methyl sites for hydroxylation is 2. The van der Waals surface area contributed by atoms with E-state index in [4.69, 9.17) is 0 Å². The third kappa shape index (κ3) is 3.25. The first-order valence-electron chi connectivity index (χ1n) is 5.92. The van der Waals surface area contributed by atoms with E-state index in [2.05, 4.69) is 4.99 Å². The molecule has 2 aromatic rings. The summed E-state index contributed by atoms with van der Waals surface area (Å²) in [5.74, 6) is 0. The Balaban J connectivity index is 2.22. The molecule has 0 N–H and O–H groups in total. The zero-order chi connectivity index (χ0) is 13.8. The van der Waals surface area contributed by atoms with Crippen molar-refractivity contribution in [3.8, 4) is 0 Å². The Morgan fingerprint density at radius 3 is 2.42 bits per heavy atom. The van der Waals surface area contributed by atoms with Gasteiger partial charge in [-0.2, -0.15) is 0 Å². The number of rotatable bonds is 3. The van der Waals surface area contributed by atoms with Gasteiger partial charge in [-0.15, -0.1) is 0 Å². The van der Waals surface area contributed by atoms with Gasteiger partial charge in [0.15, 0.2) is 0 Å². The van der Waals surface area contributed by atoms with E-state index in [1.807, 2.05) is 32.0 Å². The van der Waals surface area contributed by atoms with E-state index in [1.54, 1.807) is 18.3 Å². The van der Waals surface area contributed by atoms with E-state index in [0.29, 0.717) is 0 Å². The fraction of sp³-hybridized carbons (Fsp3) is 0.133. The topological polar surface area (TPSA) is 55.5 Å². The lowest BCUT2D eigenvalue weighted by molar-refractivity contribution is -0.384. The predicted molar refractivity (Wildman–Crippen MR) is 76.3 cm³/mol. The van der Waals surface area contributed by atoms with Crippen molar-refractivity contribution in [3.63, 3.8) is 0 Å². The molecule has 0 bridgehead atoms. The molecule has 0 radical (unpaired) electrons. The highest BCUT2D eigenvalue weighted by Crippen LogP contribution is 2.20. The van der Waals surface area contributed by atoms with E-state index in [9.17, 15) is 10.1 Å². The quantitative estimate of drug-likeness (QED) is 0.473. The lowest BCUT2D eigenvalue weighted by Crippen LogP contribution is -1.88. The summed E-state index contributed by atoms with van der Waals surface area (Å²) in [6.45, 7) is 4.02. The molecule has 0 saturated heterocycles. The van der Waals surface area contributed by atoms with Gasteiger partial charge in [0.05, 0.1) is 10.6 Å². The highest BCUT2D eigenvalue weighted by atomic mass is 16.6. The van der Waals surface area contributed by atoms with Crippen LogP contribution in [-0.2, 0) is 0 Å².